The Morgan fingerprint density at radius 3 is 2.74 bits per heavy atom. The smallest absolute Gasteiger partial charge is 0.261 e. The number of rotatable bonds is 9. The van der Waals surface area contributed by atoms with Crippen LogP contribution < -0.4 is 20.1 Å². The van der Waals surface area contributed by atoms with Gasteiger partial charge in [0.15, 0.2) is 11.5 Å². The Kier molecular flexibility index (Phi) is 6.41. The average molecular weight is 479 g/mol. The third-order valence-electron chi connectivity index (χ3n) is 7.03. The lowest BCUT2D eigenvalue weighted by Gasteiger charge is -2.18. The highest BCUT2D eigenvalue weighted by Crippen LogP contribution is 2.43. The molecule has 5 rings (SSSR count). The second-order valence-corrected chi connectivity index (χ2v) is 10.1. The average Bonchev–Trinajstić information content (AvgIpc) is 3.57. The standard InChI is InChI=1S/C26H30N4O3S/c1-15-22-24(27-9-8-16-5-7-20(32-2)21(12-16)33-3)29-14-30-26(22)34-23(15)25(31)28-13-19-11-17-4-6-18(19)10-17/h4-7,12,14,17-19H,8-11,13H2,1-3H3,(H,28,31)(H,27,29,30)/t17-,18+,19-/m1/s1. The van der Waals surface area contributed by atoms with Crippen molar-refractivity contribution < 1.29 is 14.3 Å². The third kappa shape index (κ3) is 4.34. The number of nitrogens with zero attached hydrogens (tertiary/aromatic N) is 2. The van der Waals surface area contributed by atoms with Gasteiger partial charge in [-0.25, -0.2) is 9.97 Å². The van der Waals surface area contributed by atoms with E-state index in [1.807, 2.05) is 25.1 Å². The molecule has 2 heterocycles. The van der Waals surface area contributed by atoms with Crippen molar-refractivity contribution in [2.24, 2.45) is 17.8 Å². The maximum atomic E-state index is 13.0. The van der Waals surface area contributed by atoms with Crippen molar-refractivity contribution >= 4 is 33.3 Å². The number of thiophene rings is 1. The Morgan fingerprint density at radius 1 is 1.15 bits per heavy atom. The van der Waals surface area contributed by atoms with Gasteiger partial charge in [0.1, 0.15) is 17.0 Å². The number of anilines is 1. The lowest BCUT2D eigenvalue weighted by molar-refractivity contribution is 0.0948. The van der Waals surface area contributed by atoms with Gasteiger partial charge in [0.2, 0.25) is 0 Å². The fourth-order valence-electron chi connectivity index (χ4n) is 5.22. The van der Waals surface area contributed by atoms with Crippen LogP contribution in [-0.4, -0.2) is 43.2 Å². The number of aryl methyl sites for hydroxylation is 1. The van der Waals surface area contributed by atoms with Crippen molar-refractivity contribution in [2.45, 2.75) is 26.2 Å². The summed E-state index contributed by atoms with van der Waals surface area (Å²) in [7, 11) is 3.27. The summed E-state index contributed by atoms with van der Waals surface area (Å²) in [5.41, 5.74) is 2.06. The van der Waals surface area contributed by atoms with E-state index in [9.17, 15) is 4.79 Å². The zero-order valence-electron chi connectivity index (χ0n) is 19.8. The Hall–Kier alpha value is -3.13. The number of methoxy groups -OCH3 is 2. The summed E-state index contributed by atoms with van der Waals surface area (Å²) >= 11 is 1.44. The molecule has 34 heavy (non-hydrogen) atoms. The molecule has 2 N–H and O–H groups in total. The molecule has 1 fully saturated rings. The van der Waals surface area contributed by atoms with Gasteiger partial charge in [-0.3, -0.25) is 4.79 Å². The minimum atomic E-state index is -0.0106. The van der Waals surface area contributed by atoms with Gasteiger partial charge >= 0.3 is 0 Å². The van der Waals surface area contributed by atoms with Crippen LogP contribution in [0.1, 0.15) is 33.6 Å². The van der Waals surface area contributed by atoms with Crippen LogP contribution in [0.15, 0.2) is 36.7 Å². The fraction of sp³-hybridized carbons (Fsp3) is 0.423. The van der Waals surface area contributed by atoms with Crippen molar-refractivity contribution in [3.05, 3.63) is 52.7 Å². The number of ether oxygens (including phenoxy) is 2. The van der Waals surface area contributed by atoms with E-state index in [4.69, 9.17) is 9.47 Å². The molecule has 0 unspecified atom stereocenters. The lowest BCUT2D eigenvalue weighted by Crippen LogP contribution is -2.30. The van der Waals surface area contributed by atoms with Gasteiger partial charge in [-0.1, -0.05) is 18.2 Å². The first-order valence-electron chi connectivity index (χ1n) is 11.7. The number of amides is 1. The summed E-state index contributed by atoms with van der Waals surface area (Å²) in [6.45, 7) is 3.41. The van der Waals surface area contributed by atoms with Crippen molar-refractivity contribution in [3.8, 4) is 11.5 Å². The highest BCUT2D eigenvalue weighted by molar-refractivity contribution is 7.20. The van der Waals surface area contributed by atoms with Gasteiger partial charge in [0, 0.05) is 13.1 Å². The molecule has 0 spiro atoms. The monoisotopic (exact) mass is 478 g/mol. The van der Waals surface area contributed by atoms with Crippen molar-refractivity contribution in [3.63, 3.8) is 0 Å². The molecule has 0 saturated heterocycles. The second kappa shape index (κ2) is 9.62. The van der Waals surface area contributed by atoms with E-state index in [0.29, 0.717) is 30.0 Å². The minimum absolute atomic E-state index is 0.0106. The SMILES string of the molecule is COc1ccc(CCNc2ncnc3sc(C(=O)NC[C@H]4C[C@@H]5C=C[C@H]4C5)c(C)c23)cc1OC. The Balaban J connectivity index is 1.25. The topological polar surface area (TPSA) is 85.4 Å². The maximum Gasteiger partial charge on any atom is 0.261 e. The molecule has 2 aromatic heterocycles. The summed E-state index contributed by atoms with van der Waals surface area (Å²) in [6.07, 6.45) is 9.44. The predicted molar refractivity (Wildman–Crippen MR) is 135 cm³/mol. The van der Waals surface area contributed by atoms with Crippen LogP contribution in [-0.2, 0) is 6.42 Å². The van der Waals surface area contributed by atoms with Gasteiger partial charge < -0.3 is 20.1 Å². The van der Waals surface area contributed by atoms with Crippen LogP contribution in [0.3, 0.4) is 0 Å². The Morgan fingerprint density at radius 2 is 2.00 bits per heavy atom. The number of carbonyl (C=O) groups is 1. The summed E-state index contributed by atoms with van der Waals surface area (Å²) in [5.74, 6) is 4.08. The molecule has 2 aliphatic carbocycles. The Labute approximate surface area is 203 Å². The molecule has 8 heteroatoms. The molecule has 7 nitrogen and oxygen atoms in total. The maximum absolute atomic E-state index is 13.0. The minimum Gasteiger partial charge on any atom is -0.493 e. The number of hydrogen-bond acceptors (Lipinski definition) is 7. The van der Waals surface area contributed by atoms with Crippen LogP contribution in [0.4, 0.5) is 5.82 Å². The number of hydrogen-bond donors (Lipinski definition) is 2. The summed E-state index contributed by atoms with van der Waals surface area (Å²) in [6, 6.07) is 5.93. The molecular formula is C26H30N4O3S. The van der Waals surface area contributed by atoms with Crippen molar-refractivity contribution in [1.29, 1.82) is 0 Å². The molecule has 2 bridgehead atoms. The number of fused-ring (bicyclic) bond motifs is 3. The molecule has 1 saturated carbocycles. The zero-order valence-corrected chi connectivity index (χ0v) is 20.6. The van der Waals surface area contributed by atoms with Crippen LogP contribution in [0, 0.1) is 24.7 Å². The number of aromatic nitrogens is 2. The summed E-state index contributed by atoms with van der Waals surface area (Å²) in [5, 5.41) is 7.54. The quantitative estimate of drug-likeness (QED) is 0.437. The fourth-order valence-corrected chi connectivity index (χ4v) is 6.28. The number of benzene rings is 1. The first kappa shape index (κ1) is 22.7. The predicted octanol–water partition coefficient (Wildman–Crippen LogP) is 4.61. The van der Waals surface area contributed by atoms with Crippen molar-refractivity contribution in [1.82, 2.24) is 15.3 Å². The van der Waals surface area contributed by atoms with E-state index in [-0.39, 0.29) is 5.91 Å². The molecule has 1 amide bonds. The zero-order chi connectivity index (χ0) is 23.7. The highest BCUT2D eigenvalue weighted by Gasteiger charge is 2.35. The van der Waals surface area contributed by atoms with Gasteiger partial charge in [-0.2, -0.15) is 0 Å². The van der Waals surface area contributed by atoms with Gasteiger partial charge in [-0.05, 0) is 67.2 Å². The largest absolute Gasteiger partial charge is 0.493 e. The summed E-state index contributed by atoms with van der Waals surface area (Å²) in [4.78, 5) is 23.5. The molecular weight excluding hydrogens is 448 g/mol. The lowest BCUT2D eigenvalue weighted by atomic mass is 9.93. The normalized spacial score (nSPS) is 20.6. The molecule has 178 valence electrons. The van der Waals surface area contributed by atoms with E-state index in [1.165, 1.54) is 24.2 Å². The highest BCUT2D eigenvalue weighted by atomic mass is 32.1. The van der Waals surface area contributed by atoms with E-state index >= 15 is 0 Å². The molecule has 3 atom stereocenters. The van der Waals surface area contributed by atoms with Crippen LogP contribution in [0.25, 0.3) is 10.2 Å². The summed E-state index contributed by atoms with van der Waals surface area (Å²) < 4.78 is 10.7. The first-order valence-corrected chi connectivity index (χ1v) is 12.5. The van der Waals surface area contributed by atoms with E-state index in [1.54, 1.807) is 20.5 Å². The third-order valence-corrected chi connectivity index (χ3v) is 8.23. The molecule has 0 aliphatic heterocycles. The molecule has 0 radical (unpaired) electrons. The van der Waals surface area contributed by atoms with Crippen LogP contribution in [0.2, 0.25) is 0 Å². The molecule has 3 aromatic rings. The van der Waals surface area contributed by atoms with E-state index in [0.717, 1.165) is 50.8 Å². The number of nitrogens with one attached hydrogen (secondary N) is 2. The van der Waals surface area contributed by atoms with E-state index < -0.39 is 0 Å². The Bertz CT molecular complexity index is 1240. The van der Waals surface area contributed by atoms with Gasteiger partial charge in [-0.15, -0.1) is 11.3 Å². The molecule has 2 aliphatic rings. The molecule has 1 aromatic carbocycles. The van der Waals surface area contributed by atoms with Crippen LogP contribution >= 0.6 is 11.3 Å². The number of allylic oxidation sites excluding steroid dienone is 2. The second-order valence-electron chi connectivity index (χ2n) is 9.08. The first-order chi connectivity index (χ1) is 16.6. The van der Waals surface area contributed by atoms with Crippen molar-refractivity contribution in [2.75, 3.05) is 32.6 Å². The van der Waals surface area contributed by atoms with Gasteiger partial charge in [0.25, 0.3) is 5.91 Å². The van der Waals surface area contributed by atoms with Gasteiger partial charge in [0.05, 0.1) is 24.5 Å². The van der Waals surface area contributed by atoms with E-state index in [2.05, 4.69) is 32.8 Å². The van der Waals surface area contributed by atoms with Crippen LogP contribution in [0.5, 0.6) is 11.5 Å². The number of carbonyl (C=O) groups excluding carboxylic acids is 1.